The molecule has 1 aromatic rings. The minimum absolute atomic E-state index is 0.164. The predicted molar refractivity (Wildman–Crippen MR) is 78.7 cm³/mol. The average molecular weight is 269 g/mol. The molecule has 0 heterocycles. The van der Waals surface area contributed by atoms with E-state index >= 15 is 0 Å². The van der Waals surface area contributed by atoms with E-state index in [2.05, 4.69) is 26.1 Å². The van der Waals surface area contributed by atoms with Crippen molar-refractivity contribution < 1.29 is 4.39 Å². The Bertz CT molecular complexity index is 322. The molecule has 102 valence electrons. The largest absolute Gasteiger partial charge is 0.313 e. The molecule has 0 spiro atoms. The fourth-order valence-electron chi connectivity index (χ4n) is 2.20. The molecular formula is C15H24FNS. The molecule has 0 radical (unpaired) electrons. The van der Waals surface area contributed by atoms with E-state index in [9.17, 15) is 4.39 Å². The molecule has 1 N–H and O–H groups in total. The molecule has 1 aromatic carbocycles. The summed E-state index contributed by atoms with van der Waals surface area (Å²) < 4.78 is 12.8. The molecule has 1 atom stereocenters. The van der Waals surface area contributed by atoms with E-state index in [0.717, 1.165) is 23.1 Å². The summed E-state index contributed by atoms with van der Waals surface area (Å²) in [7, 11) is 0. The van der Waals surface area contributed by atoms with Gasteiger partial charge in [-0.25, -0.2) is 4.39 Å². The Kier molecular flexibility index (Phi) is 7.36. The summed E-state index contributed by atoms with van der Waals surface area (Å²) in [6.07, 6.45) is 2.41. The van der Waals surface area contributed by atoms with Crippen LogP contribution < -0.4 is 5.32 Å². The molecule has 0 amide bonds. The Labute approximate surface area is 115 Å². The van der Waals surface area contributed by atoms with Crippen LogP contribution in [0.15, 0.2) is 29.2 Å². The van der Waals surface area contributed by atoms with Crippen LogP contribution in [0.25, 0.3) is 0 Å². The van der Waals surface area contributed by atoms with E-state index in [4.69, 9.17) is 0 Å². The molecule has 18 heavy (non-hydrogen) atoms. The monoisotopic (exact) mass is 269 g/mol. The lowest BCUT2D eigenvalue weighted by Crippen LogP contribution is -2.37. The first kappa shape index (κ1) is 15.5. The van der Waals surface area contributed by atoms with Gasteiger partial charge >= 0.3 is 0 Å². The van der Waals surface area contributed by atoms with Crippen molar-refractivity contribution in [1.29, 1.82) is 0 Å². The average Bonchev–Trinajstić information content (AvgIpc) is 2.39. The maximum Gasteiger partial charge on any atom is 0.123 e. The van der Waals surface area contributed by atoms with E-state index < -0.39 is 0 Å². The standard InChI is InChI=1S/C15H24FNS/c1-4-12(5-2)15(17-6-3)11-18-14-9-7-13(16)8-10-14/h7-10,12,15,17H,4-6,11H2,1-3H3. The zero-order valence-corrected chi connectivity index (χ0v) is 12.4. The molecule has 0 aliphatic rings. The molecular weight excluding hydrogens is 245 g/mol. The lowest BCUT2D eigenvalue weighted by molar-refractivity contribution is 0.365. The van der Waals surface area contributed by atoms with Crippen molar-refractivity contribution in [3.63, 3.8) is 0 Å². The molecule has 0 saturated heterocycles. The van der Waals surface area contributed by atoms with E-state index in [1.165, 1.54) is 25.0 Å². The van der Waals surface area contributed by atoms with Crippen LogP contribution in [-0.2, 0) is 0 Å². The lowest BCUT2D eigenvalue weighted by atomic mass is 9.95. The summed E-state index contributed by atoms with van der Waals surface area (Å²) in [5, 5.41) is 3.57. The van der Waals surface area contributed by atoms with Gasteiger partial charge in [-0.1, -0.05) is 33.6 Å². The van der Waals surface area contributed by atoms with Crippen molar-refractivity contribution in [1.82, 2.24) is 5.32 Å². The van der Waals surface area contributed by atoms with Gasteiger partial charge in [0.15, 0.2) is 0 Å². The van der Waals surface area contributed by atoms with Gasteiger partial charge in [0.05, 0.1) is 0 Å². The molecule has 0 aromatic heterocycles. The van der Waals surface area contributed by atoms with Crippen molar-refractivity contribution in [2.75, 3.05) is 12.3 Å². The second-order valence-electron chi connectivity index (χ2n) is 4.51. The Balaban J connectivity index is 2.53. The van der Waals surface area contributed by atoms with Crippen LogP contribution in [0.3, 0.4) is 0 Å². The molecule has 0 bridgehead atoms. The van der Waals surface area contributed by atoms with Crippen LogP contribution in [0, 0.1) is 11.7 Å². The van der Waals surface area contributed by atoms with Gasteiger partial charge in [0.25, 0.3) is 0 Å². The molecule has 0 fully saturated rings. The van der Waals surface area contributed by atoms with Crippen molar-refractivity contribution in [3.05, 3.63) is 30.1 Å². The number of thioether (sulfide) groups is 1. The summed E-state index contributed by atoms with van der Waals surface area (Å²) in [5.41, 5.74) is 0. The predicted octanol–water partition coefficient (Wildman–Crippen LogP) is 4.33. The highest BCUT2D eigenvalue weighted by molar-refractivity contribution is 7.99. The summed E-state index contributed by atoms with van der Waals surface area (Å²) in [4.78, 5) is 1.14. The highest BCUT2D eigenvalue weighted by Crippen LogP contribution is 2.23. The van der Waals surface area contributed by atoms with Crippen LogP contribution in [0.1, 0.15) is 33.6 Å². The Morgan fingerprint density at radius 2 is 1.72 bits per heavy atom. The second-order valence-corrected chi connectivity index (χ2v) is 5.60. The summed E-state index contributed by atoms with van der Waals surface area (Å²) in [6.45, 7) is 7.66. The topological polar surface area (TPSA) is 12.0 Å². The molecule has 1 unspecified atom stereocenters. The lowest BCUT2D eigenvalue weighted by Gasteiger charge is -2.25. The van der Waals surface area contributed by atoms with Crippen molar-refractivity contribution in [2.24, 2.45) is 5.92 Å². The van der Waals surface area contributed by atoms with E-state index in [1.807, 2.05) is 23.9 Å². The van der Waals surface area contributed by atoms with Gasteiger partial charge in [-0.15, -0.1) is 11.8 Å². The van der Waals surface area contributed by atoms with Gasteiger partial charge in [0.1, 0.15) is 5.82 Å². The number of halogens is 1. The van der Waals surface area contributed by atoms with Crippen LogP contribution in [-0.4, -0.2) is 18.3 Å². The van der Waals surface area contributed by atoms with E-state index in [1.54, 1.807) is 0 Å². The molecule has 0 aliphatic heterocycles. The smallest absolute Gasteiger partial charge is 0.123 e. The van der Waals surface area contributed by atoms with Crippen molar-refractivity contribution >= 4 is 11.8 Å². The third-order valence-corrected chi connectivity index (χ3v) is 4.46. The number of hydrogen-bond acceptors (Lipinski definition) is 2. The molecule has 0 aliphatic carbocycles. The Morgan fingerprint density at radius 1 is 1.11 bits per heavy atom. The molecule has 1 rings (SSSR count). The van der Waals surface area contributed by atoms with Crippen LogP contribution in [0.2, 0.25) is 0 Å². The third-order valence-electron chi connectivity index (χ3n) is 3.33. The van der Waals surface area contributed by atoms with Crippen LogP contribution in [0.4, 0.5) is 4.39 Å². The van der Waals surface area contributed by atoms with Gasteiger partial charge < -0.3 is 5.32 Å². The maximum atomic E-state index is 12.8. The molecule has 1 nitrogen and oxygen atoms in total. The number of rotatable bonds is 8. The number of hydrogen-bond donors (Lipinski definition) is 1. The first-order valence-electron chi connectivity index (χ1n) is 6.82. The van der Waals surface area contributed by atoms with E-state index in [0.29, 0.717) is 6.04 Å². The SMILES string of the molecule is CCNC(CSc1ccc(F)cc1)C(CC)CC. The van der Waals surface area contributed by atoms with Gasteiger partial charge in [-0.2, -0.15) is 0 Å². The normalized spacial score (nSPS) is 12.9. The molecule has 3 heteroatoms. The van der Waals surface area contributed by atoms with Gasteiger partial charge in [-0.05, 0) is 36.7 Å². The van der Waals surface area contributed by atoms with Crippen molar-refractivity contribution in [3.8, 4) is 0 Å². The summed E-state index contributed by atoms with van der Waals surface area (Å²) >= 11 is 1.81. The van der Waals surface area contributed by atoms with Gasteiger partial charge in [0.2, 0.25) is 0 Å². The number of nitrogens with one attached hydrogen (secondary N) is 1. The highest BCUT2D eigenvalue weighted by atomic mass is 32.2. The van der Waals surface area contributed by atoms with Crippen LogP contribution >= 0.6 is 11.8 Å². The second kappa shape index (κ2) is 8.54. The van der Waals surface area contributed by atoms with Gasteiger partial charge in [0, 0.05) is 16.7 Å². The fourth-order valence-corrected chi connectivity index (χ4v) is 3.29. The summed E-state index contributed by atoms with van der Waals surface area (Å²) in [5.74, 6) is 1.60. The van der Waals surface area contributed by atoms with Crippen molar-refractivity contribution in [2.45, 2.75) is 44.6 Å². The molecule has 0 saturated carbocycles. The highest BCUT2D eigenvalue weighted by Gasteiger charge is 2.17. The third kappa shape index (κ3) is 4.99. The quantitative estimate of drug-likeness (QED) is 0.705. The van der Waals surface area contributed by atoms with Gasteiger partial charge in [-0.3, -0.25) is 0 Å². The van der Waals surface area contributed by atoms with E-state index in [-0.39, 0.29) is 5.82 Å². The zero-order chi connectivity index (χ0) is 13.4. The number of benzene rings is 1. The minimum atomic E-state index is -0.164. The first-order chi connectivity index (χ1) is 8.71. The maximum absolute atomic E-state index is 12.8. The minimum Gasteiger partial charge on any atom is -0.313 e. The fraction of sp³-hybridized carbons (Fsp3) is 0.600. The van der Waals surface area contributed by atoms with Crippen LogP contribution in [0.5, 0.6) is 0 Å². The summed E-state index contributed by atoms with van der Waals surface area (Å²) in [6, 6.07) is 7.31. The Morgan fingerprint density at radius 3 is 2.22 bits per heavy atom. The Hall–Kier alpha value is -0.540. The zero-order valence-electron chi connectivity index (χ0n) is 11.6. The first-order valence-corrected chi connectivity index (χ1v) is 7.81.